The zero-order chi connectivity index (χ0) is 18.4. The molecule has 0 bridgehead atoms. The highest BCUT2D eigenvalue weighted by Crippen LogP contribution is 2.20. The summed E-state index contributed by atoms with van der Waals surface area (Å²) in [4.78, 5) is 25.0. The van der Waals surface area contributed by atoms with E-state index in [4.69, 9.17) is 11.6 Å². The van der Waals surface area contributed by atoms with Gasteiger partial charge >= 0.3 is 0 Å². The van der Waals surface area contributed by atoms with Crippen molar-refractivity contribution in [2.45, 2.75) is 26.3 Å². The molecule has 6 heteroatoms. The molecule has 2 aromatic rings. The first-order chi connectivity index (χ1) is 11.9. The molecule has 0 saturated carbocycles. The number of hydrogen-bond donors (Lipinski definition) is 2. The van der Waals surface area contributed by atoms with Gasteiger partial charge in [0, 0.05) is 11.3 Å². The summed E-state index contributed by atoms with van der Waals surface area (Å²) in [6.45, 7) is 3.82. The molecule has 0 spiro atoms. The molecule has 0 saturated heterocycles. The van der Waals surface area contributed by atoms with Crippen molar-refractivity contribution >= 4 is 29.1 Å². The maximum Gasteiger partial charge on any atom is 0.251 e. The van der Waals surface area contributed by atoms with E-state index in [1.165, 1.54) is 18.2 Å². The van der Waals surface area contributed by atoms with Crippen LogP contribution in [0.3, 0.4) is 0 Å². The highest BCUT2D eigenvalue weighted by Gasteiger charge is 2.26. The van der Waals surface area contributed by atoms with Crippen LogP contribution in [0.25, 0.3) is 0 Å². The maximum absolute atomic E-state index is 13.2. The molecule has 2 atom stereocenters. The van der Waals surface area contributed by atoms with Crippen LogP contribution >= 0.6 is 11.6 Å². The normalized spacial score (nSPS) is 13.0. The topological polar surface area (TPSA) is 58.2 Å². The van der Waals surface area contributed by atoms with Gasteiger partial charge in [0.05, 0.1) is 5.02 Å². The molecule has 2 aromatic carbocycles. The van der Waals surface area contributed by atoms with E-state index < -0.39 is 11.9 Å². The molecule has 4 nitrogen and oxygen atoms in total. The first kappa shape index (κ1) is 18.9. The summed E-state index contributed by atoms with van der Waals surface area (Å²) in [5.74, 6) is -1.33. The van der Waals surface area contributed by atoms with Gasteiger partial charge in [-0.25, -0.2) is 4.39 Å². The van der Waals surface area contributed by atoms with Gasteiger partial charge in [-0.3, -0.25) is 9.59 Å². The molecule has 0 radical (unpaired) electrons. The first-order valence-corrected chi connectivity index (χ1v) is 8.42. The number of nitrogens with one attached hydrogen (secondary N) is 2. The summed E-state index contributed by atoms with van der Waals surface area (Å²) in [5, 5.41) is 5.37. The molecule has 0 aliphatic heterocycles. The fraction of sp³-hybridized carbons (Fsp3) is 0.263. The van der Waals surface area contributed by atoms with Crippen LogP contribution < -0.4 is 10.6 Å². The highest BCUT2D eigenvalue weighted by atomic mass is 35.5. The minimum atomic E-state index is -0.721. The molecule has 0 fully saturated rings. The van der Waals surface area contributed by atoms with Crippen LogP contribution in [0.15, 0.2) is 48.5 Å². The van der Waals surface area contributed by atoms with Crippen molar-refractivity contribution in [1.29, 1.82) is 0 Å². The van der Waals surface area contributed by atoms with Gasteiger partial charge in [-0.2, -0.15) is 0 Å². The lowest BCUT2D eigenvalue weighted by Crippen LogP contribution is -2.47. The van der Waals surface area contributed by atoms with E-state index in [9.17, 15) is 14.0 Å². The molecule has 132 valence electrons. The summed E-state index contributed by atoms with van der Waals surface area (Å²) >= 11 is 5.74. The molecule has 0 aliphatic rings. The number of hydrogen-bond acceptors (Lipinski definition) is 2. The Balaban J connectivity index is 2.14. The zero-order valence-electron chi connectivity index (χ0n) is 14.1. The van der Waals surface area contributed by atoms with E-state index in [-0.39, 0.29) is 22.8 Å². The molecule has 2 unspecified atom stereocenters. The Kier molecular flexibility index (Phi) is 6.53. The average Bonchev–Trinajstić information content (AvgIpc) is 2.62. The molecular weight excluding hydrogens is 343 g/mol. The zero-order valence-corrected chi connectivity index (χ0v) is 14.8. The van der Waals surface area contributed by atoms with Crippen LogP contribution in [0.5, 0.6) is 0 Å². The Hall–Kier alpha value is -2.40. The summed E-state index contributed by atoms with van der Waals surface area (Å²) < 4.78 is 13.2. The SMILES string of the molecule is CCC(C)C(NC(=O)c1ccccc1)C(=O)Nc1ccc(F)c(Cl)c1. The summed E-state index contributed by atoms with van der Waals surface area (Å²) in [6.07, 6.45) is 0.706. The molecule has 0 aromatic heterocycles. The molecule has 2 N–H and O–H groups in total. The third-order valence-corrected chi connectivity index (χ3v) is 4.29. The van der Waals surface area contributed by atoms with E-state index in [2.05, 4.69) is 10.6 Å². The van der Waals surface area contributed by atoms with E-state index in [0.29, 0.717) is 17.7 Å². The lowest BCUT2D eigenvalue weighted by atomic mass is 9.97. The second-order valence-electron chi connectivity index (χ2n) is 5.82. The Labute approximate surface area is 151 Å². The number of amides is 2. The van der Waals surface area contributed by atoms with Gasteiger partial charge in [-0.05, 0) is 36.2 Å². The van der Waals surface area contributed by atoms with Gasteiger partial charge in [-0.1, -0.05) is 50.1 Å². The number of carbonyl (C=O) groups excluding carboxylic acids is 2. The van der Waals surface area contributed by atoms with Crippen molar-refractivity contribution in [1.82, 2.24) is 5.32 Å². The van der Waals surface area contributed by atoms with E-state index in [0.717, 1.165) is 0 Å². The van der Waals surface area contributed by atoms with Gasteiger partial charge in [0.2, 0.25) is 5.91 Å². The summed E-state index contributed by atoms with van der Waals surface area (Å²) in [5.41, 5.74) is 0.854. The van der Waals surface area contributed by atoms with Gasteiger partial charge in [0.1, 0.15) is 11.9 Å². The van der Waals surface area contributed by atoms with Crippen molar-refractivity contribution in [3.63, 3.8) is 0 Å². The highest BCUT2D eigenvalue weighted by molar-refractivity contribution is 6.31. The van der Waals surface area contributed by atoms with Crippen molar-refractivity contribution in [3.05, 3.63) is 64.9 Å². The third kappa shape index (κ3) is 5.03. The Morgan fingerprint density at radius 2 is 1.84 bits per heavy atom. The summed E-state index contributed by atoms with van der Waals surface area (Å²) in [7, 11) is 0. The van der Waals surface area contributed by atoms with Crippen LogP contribution in [0.4, 0.5) is 10.1 Å². The fourth-order valence-corrected chi connectivity index (χ4v) is 2.49. The van der Waals surface area contributed by atoms with Gasteiger partial charge in [0.25, 0.3) is 5.91 Å². The Morgan fingerprint density at radius 3 is 2.44 bits per heavy atom. The average molecular weight is 363 g/mol. The fourth-order valence-electron chi connectivity index (χ4n) is 2.31. The standard InChI is InChI=1S/C19H20ClFN2O2/c1-3-12(2)17(23-18(24)13-7-5-4-6-8-13)19(25)22-14-9-10-16(21)15(20)11-14/h4-12,17H,3H2,1-2H3,(H,22,25)(H,23,24). The minimum absolute atomic E-state index is 0.0776. The number of benzene rings is 2. The smallest absolute Gasteiger partial charge is 0.251 e. The number of halogens is 2. The van der Waals surface area contributed by atoms with E-state index >= 15 is 0 Å². The molecule has 2 rings (SSSR count). The predicted molar refractivity (Wildman–Crippen MR) is 97.2 cm³/mol. The quantitative estimate of drug-likeness (QED) is 0.806. The van der Waals surface area contributed by atoms with Crippen LogP contribution in [0.2, 0.25) is 5.02 Å². The Bertz CT molecular complexity index is 752. The summed E-state index contributed by atoms with van der Waals surface area (Å²) in [6, 6.07) is 11.9. The molecule has 2 amide bonds. The van der Waals surface area contributed by atoms with Crippen LogP contribution in [-0.2, 0) is 4.79 Å². The number of anilines is 1. The van der Waals surface area contributed by atoms with E-state index in [1.54, 1.807) is 24.3 Å². The first-order valence-electron chi connectivity index (χ1n) is 8.04. The second-order valence-corrected chi connectivity index (χ2v) is 6.23. The van der Waals surface area contributed by atoms with Crippen LogP contribution in [-0.4, -0.2) is 17.9 Å². The lowest BCUT2D eigenvalue weighted by molar-refractivity contribution is -0.119. The van der Waals surface area contributed by atoms with Crippen LogP contribution in [0.1, 0.15) is 30.6 Å². The van der Waals surface area contributed by atoms with Gasteiger partial charge < -0.3 is 10.6 Å². The number of rotatable bonds is 6. The van der Waals surface area contributed by atoms with Crippen molar-refractivity contribution in [2.24, 2.45) is 5.92 Å². The van der Waals surface area contributed by atoms with Crippen LogP contribution in [0, 0.1) is 11.7 Å². The Morgan fingerprint density at radius 1 is 1.16 bits per heavy atom. The maximum atomic E-state index is 13.2. The van der Waals surface area contributed by atoms with E-state index in [1.807, 2.05) is 19.9 Å². The van der Waals surface area contributed by atoms with Gasteiger partial charge in [0.15, 0.2) is 0 Å². The monoisotopic (exact) mass is 362 g/mol. The predicted octanol–water partition coefficient (Wildman–Crippen LogP) is 4.26. The molecule has 0 heterocycles. The second kappa shape index (κ2) is 8.62. The largest absolute Gasteiger partial charge is 0.340 e. The van der Waals surface area contributed by atoms with Gasteiger partial charge in [-0.15, -0.1) is 0 Å². The van der Waals surface area contributed by atoms with Crippen molar-refractivity contribution in [2.75, 3.05) is 5.32 Å². The van der Waals surface area contributed by atoms with Crippen molar-refractivity contribution < 1.29 is 14.0 Å². The third-order valence-electron chi connectivity index (χ3n) is 4.01. The minimum Gasteiger partial charge on any atom is -0.340 e. The number of carbonyl (C=O) groups is 2. The van der Waals surface area contributed by atoms with Crippen molar-refractivity contribution in [3.8, 4) is 0 Å². The lowest BCUT2D eigenvalue weighted by Gasteiger charge is -2.23. The molecule has 25 heavy (non-hydrogen) atoms. The molecular formula is C19H20ClFN2O2. The molecule has 0 aliphatic carbocycles.